The highest BCUT2D eigenvalue weighted by Crippen LogP contribution is 2.48. The summed E-state index contributed by atoms with van der Waals surface area (Å²) in [5.41, 5.74) is 1.99. The molecule has 2 aromatic rings. The van der Waals surface area contributed by atoms with Crippen molar-refractivity contribution in [2.75, 3.05) is 13.7 Å². The second-order valence-electron chi connectivity index (χ2n) is 5.54. The summed E-state index contributed by atoms with van der Waals surface area (Å²) in [5, 5.41) is 16.6. The van der Waals surface area contributed by atoms with E-state index < -0.39 is 6.10 Å². The molecule has 22 heavy (non-hydrogen) atoms. The molecule has 1 aromatic heterocycles. The minimum atomic E-state index is -0.635. The summed E-state index contributed by atoms with van der Waals surface area (Å²) in [6, 6.07) is 9.73. The van der Waals surface area contributed by atoms with Crippen LogP contribution in [0.25, 0.3) is 0 Å². The third-order valence-corrected chi connectivity index (χ3v) is 4.75. The molecule has 0 saturated heterocycles. The molecule has 3 rings (SSSR count). The topological polar surface area (TPSA) is 58.6 Å². The van der Waals surface area contributed by atoms with Crippen LogP contribution in [0.15, 0.2) is 41.1 Å². The average molecular weight is 317 g/mol. The quantitative estimate of drug-likeness (QED) is 0.861. The highest BCUT2D eigenvalue weighted by atomic mass is 32.1. The maximum Gasteiger partial charge on any atom is 0.223 e. The Hall–Kier alpha value is -1.85. The zero-order valence-electron chi connectivity index (χ0n) is 12.4. The van der Waals surface area contributed by atoms with Crippen molar-refractivity contribution in [1.29, 1.82) is 0 Å². The number of thiophene rings is 1. The molecular formula is C17H19NO3S. The fourth-order valence-corrected chi connectivity index (χ4v) is 3.34. The predicted molar refractivity (Wildman–Crippen MR) is 86.1 cm³/mol. The van der Waals surface area contributed by atoms with Crippen molar-refractivity contribution in [3.8, 4) is 5.75 Å². The average Bonchev–Trinajstić information content (AvgIpc) is 3.17. The van der Waals surface area contributed by atoms with Crippen molar-refractivity contribution < 1.29 is 14.6 Å². The molecule has 4 nitrogen and oxygen atoms in total. The SMILES string of the molecule is COc1cccc(C2CC2C(=O)NCC(O)c2ccsc2)c1. The molecule has 3 atom stereocenters. The van der Waals surface area contributed by atoms with Crippen LogP contribution in [0.5, 0.6) is 5.75 Å². The number of carbonyl (C=O) groups is 1. The van der Waals surface area contributed by atoms with Crippen LogP contribution >= 0.6 is 11.3 Å². The van der Waals surface area contributed by atoms with Crippen molar-refractivity contribution >= 4 is 17.2 Å². The number of aliphatic hydroxyl groups excluding tert-OH is 1. The van der Waals surface area contributed by atoms with Crippen molar-refractivity contribution in [1.82, 2.24) is 5.32 Å². The number of hydrogen-bond donors (Lipinski definition) is 2. The van der Waals surface area contributed by atoms with E-state index in [4.69, 9.17) is 4.74 Å². The Morgan fingerprint density at radius 1 is 1.50 bits per heavy atom. The van der Waals surface area contributed by atoms with Crippen molar-refractivity contribution in [2.45, 2.75) is 18.4 Å². The molecule has 116 valence electrons. The molecule has 1 amide bonds. The Morgan fingerprint density at radius 2 is 2.36 bits per heavy atom. The number of nitrogens with one attached hydrogen (secondary N) is 1. The van der Waals surface area contributed by atoms with E-state index in [0.717, 1.165) is 23.3 Å². The molecule has 5 heteroatoms. The van der Waals surface area contributed by atoms with Crippen LogP contribution in [0, 0.1) is 5.92 Å². The second-order valence-corrected chi connectivity index (χ2v) is 6.32. The fourth-order valence-electron chi connectivity index (χ4n) is 2.64. The van der Waals surface area contributed by atoms with E-state index >= 15 is 0 Å². The van der Waals surface area contributed by atoms with Gasteiger partial charge >= 0.3 is 0 Å². The lowest BCUT2D eigenvalue weighted by molar-refractivity contribution is -0.122. The van der Waals surface area contributed by atoms with E-state index in [9.17, 15) is 9.90 Å². The monoisotopic (exact) mass is 317 g/mol. The first-order chi connectivity index (χ1) is 10.7. The number of carbonyl (C=O) groups excluding carboxylic acids is 1. The minimum Gasteiger partial charge on any atom is -0.497 e. The first kappa shape index (κ1) is 15.1. The summed E-state index contributed by atoms with van der Waals surface area (Å²) in [7, 11) is 1.64. The molecule has 1 saturated carbocycles. The molecule has 2 N–H and O–H groups in total. The molecule has 0 radical (unpaired) electrons. The molecule has 1 aliphatic carbocycles. The fraction of sp³-hybridized carbons (Fsp3) is 0.353. The molecular weight excluding hydrogens is 298 g/mol. The Bertz CT molecular complexity index is 641. The van der Waals surface area contributed by atoms with E-state index in [1.54, 1.807) is 7.11 Å². The van der Waals surface area contributed by atoms with E-state index in [-0.39, 0.29) is 24.3 Å². The van der Waals surface area contributed by atoms with Crippen LogP contribution in [-0.2, 0) is 4.79 Å². The van der Waals surface area contributed by atoms with E-state index in [2.05, 4.69) is 5.32 Å². The van der Waals surface area contributed by atoms with Gasteiger partial charge in [0.15, 0.2) is 0 Å². The van der Waals surface area contributed by atoms with Gasteiger partial charge in [0, 0.05) is 12.5 Å². The van der Waals surface area contributed by atoms with Crippen LogP contribution < -0.4 is 10.1 Å². The second kappa shape index (κ2) is 6.50. The number of rotatable bonds is 6. The van der Waals surface area contributed by atoms with Gasteiger partial charge in [-0.25, -0.2) is 0 Å². The number of methoxy groups -OCH3 is 1. The highest BCUT2D eigenvalue weighted by Gasteiger charge is 2.44. The zero-order valence-corrected chi connectivity index (χ0v) is 13.2. The van der Waals surface area contributed by atoms with Crippen molar-refractivity contribution in [3.63, 3.8) is 0 Å². The van der Waals surface area contributed by atoms with E-state index in [1.807, 2.05) is 41.1 Å². The van der Waals surface area contributed by atoms with Crippen LogP contribution in [0.4, 0.5) is 0 Å². The summed E-state index contributed by atoms with van der Waals surface area (Å²) in [6.45, 7) is 0.261. The van der Waals surface area contributed by atoms with Gasteiger partial charge < -0.3 is 15.2 Å². The standard InChI is InChI=1S/C17H19NO3S/c1-21-13-4-2-3-11(7-13)14-8-15(14)17(20)18-9-16(19)12-5-6-22-10-12/h2-7,10,14-16,19H,8-9H2,1H3,(H,18,20). The molecule has 3 unspecified atom stereocenters. The van der Waals surface area contributed by atoms with E-state index in [0.29, 0.717) is 0 Å². The third-order valence-electron chi connectivity index (χ3n) is 4.05. The zero-order chi connectivity index (χ0) is 15.5. The Morgan fingerprint density at radius 3 is 3.09 bits per heavy atom. The van der Waals surface area contributed by atoms with Gasteiger partial charge in [0.25, 0.3) is 0 Å². The summed E-state index contributed by atoms with van der Waals surface area (Å²) in [4.78, 5) is 12.2. The maximum atomic E-state index is 12.2. The minimum absolute atomic E-state index is 0.00165. The van der Waals surface area contributed by atoms with E-state index in [1.165, 1.54) is 11.3 Å². The predicted octanol–water partition coefficient (Wildman–Crippen LogP) is 2.71. The molecule has 0 aliphatic heterocycles. The number of benzene rings is 1. The number of ether oxygens (including phenoxy) is 1. The lowest BCUT2D eigenvalue weighted by atomic mass is 10.1. The first-order valence-electron chi connectivity index (χ1n) is 7.31. The highest BCUT2D eigenvalue weighted by molar-refractivity contribution is 7.07. The van der Waals surface area contributed by atoms with Gasteiger partial charge in [0.2, 0.25) is 5.91 Å². The van der Waals surface area contributed by atoms with Gasteiger partial charge in [-0.2, -0.15) is 11.3 Å². The maximum absolute atomic E-state index is 12.2. The molecule has 1 aromatic carbocycles. The summed E-state index contributed by atoms with van der Waals surface area (Å²) < 4.78 is 5.22. The Kier molecular flexibility index (Phi) is 4.45. The van der Waals surface area contributed by atoms with Crippen LogP contribution in [-0.4, -0.2) is 24.7 Å². The van der Waals surface area contributed by atoms with Gasteiger partial charge in [0.1, 0.15) is 5.75 Å². The lowest BCUT2D eigenvalue weighted by Crippen LogP contribution is -2.29. The van der Waals surface area contributed by atoms with Gasteiger partial charge in [0.05, 0.1) is 13.2 Å². The Labute approximate surface area is 133 Å². The number of aliphatic hydroxyl groups is 1. The summed E-state index contributed by atoms with van der Waals surface area (Å²) >= 11 is 1.54. The van der Waals surface area contributed by atoms with Gasteiger partial charge in [-0.1, -0.05) is 12.1 Å². The van der Waals surface area contributed by atoms with Gasteiger partial charge in [-0.3, -0.25) is 4.79 Å². The summed E-state index contributed by atoms with van der Waals surface area (Å²) in [6.07, 6.45) is 0.220. The van der Waals surface area contributed by atoms with Crippen LogP contribution in [0.3, 0.4) is 0 Å². The normalized spacial score (nSPS) is 21.2. The van der Waals surface area contributed by atoms with Gasteiger partial charge in [-0.05, 0) is 52.4 Å². The van der Waals surface area contributed by atoms with Crippen molar-refractivity contribution in [2.24, 2.45) is 5.92 Å². The lowest BCUT2D eigenvalue weighted by Gasteiger charge is -2.10. The number of amides is 1. The third kappa shape index (κ3) is 3.31. The molecule has 1 heterocycles. The first-order valence-corrected chi connectivity index (χ1v) is 8.25. The van der Waals surface area contributed by atoms with Crippen LogP contribution in [0.1, 0.15) is 29.6 Å². The van der Waals surface area contributed by atoms with Crippen molar-refractivity contribution in [3.05, 3.63) is 52.2 Å². The Balaban J connectivity index is 1.52. The van der Waals surface area contributed by atoms with Gasteiger partial charge in [-0.15, -0.1) is 0 Å². The van der Waals surface area contributed by atoms with Crippen LogP contribution in [0.2, 0.25) is 0 Å². The molecule has 1 fully saturated rings. The molecule has 0 bridgehead atoms. The number of hydrogen-bond acceptors (Lipinski definition) is 4. The molecule has 1 aliphatic rings. The largest absolute Gasteiger partial charge is 0.497 e. The summed E-state index contributed by atoms with van der Waals surface area (Å²) in [5.74, 6) is 1.09. The smallest absolute Gasteiger partial charge is 0.223 e. The molecule has 0 spiro atoms.